The van der Waals surface area contributed by atoms with Crippen molar-refractivity contribution in [2.75, 3.05) is 27.4 Å². The second-order valence-corrected chi connectivity index (χ2v) is 12.0. The number of methoxy groups -OCH3 is 2. The fourth-order valence-corrected chi connectivity index (χ4v) is 4.65. The number of rotatable bonds is 12. The minimum absolute atomic E-state index is 0. The Labute approximate surface area is 330 Å². The van der Waals surface area contributed by atoms with Gasteiger partial charge in [-0.2, -0.15) is 0 Å². The maximum atomic E-state index is 12.2. The number of hydrogen-bond donors (Lipinski definition) is 2. The average Bonchev–Trinajstić information content (AvgIpc) is 2.96. The molecule has 2 N–H and O–H groups in total. The zero-order valence-corrected chi connectivity index (χ0v) is 34.2. The van der Waals surface area contributed by atoms with Crippen molar-refractivity contribution in [3.8, 4) is 0 Å². The zero-order valence-electron chi connectivity index (χ0n) is 28.5. The molecule has 0 aromatic heterocycles. The predicted octanol–water partition coefficient (Wildman–Crippen LogP) is 4.23. The summed E-state index contributed by atoms with van der Waals surface area (Å²) < 4.78 is 40.1. The second-order valence-electron chi connectivity index (χ2n) is 12.0. The van der Waals surface area contributed by atoms with Crippen molar-refractivity contribution in [3.05, 3.63) is 0 Å². The van der Waals surface area contributed by atoms with Gasteiger partial charge in [-0.05, 0) is 80.1 Å². The van der Waals surface area contributed by atoms with Crippen LogP contribution in [0.2, 0.25) is 0 Å². The Morgan fingerprint density at radius 3 is 1.21 bits per heavy atom. The van der Waals surface area contributed by atoms with E-state index in [0.29, 0.717) is 25.7 Å². The van der Waals surface area contributed by atoms with Gasteiger partial charge in [-0.15, -0.1) is 0 Å². The standard InChI is InChI=1S/2C15H26O7.CH4.2Y/c2*1-10(9-20-14(18)19-4)22-15(2,3)13(17)21-12-8-6-5-7-11(12)16;;;/h2*10-12,16H,5-9H2,1-4H3;1H4;;. The Hall–Kier alpha value is -0.472. The van der Waals surface area contributed by atoms with Gasteiger partial charge in [0, 0.05) is 65.4 Å². The monoisotopic (exact) mass is 830 g/mol. The van der Waals surface area contributed by atoms with E-state index in [0.717, 1.165) is 25.7 Å². The summed E-state index contributed by atoms with van der Waals surface area (Å²) in [6.45, 7) is 9.61. The quantitative estimate of drug-likeness (QED) is 0.211. The van der Waals surface area contributed by atoms with Crippen LogP contribution in [0.5, 0.6) is 0 Å². The first-order valence-electron chi connectivity index (χ1n) is 15.1. The van der Waals surface area contributed by atoms with Gasteiger partial charge in [0.2, 0.25) is 0 Å². The number of hydrogen-bond acceptors (Lipinski definition) is 14. The molecule has 2 radical (unpaired) electrons. The van der Waals surface area contributed by atoms with E-state index in [1.165, 1.54) is 14.2 Å². The SMILES string of the molecule is C.COC(=O)OCC(C)OC(C)(C)C(=O)OC1CCCCC1O.COC(=O)OCC(C)OC(C)(C)C(=O)OC1CCCCC1O.[Y].[Y]. The third-order valence-corrected chi connectivity index (χ3v) is 7.03. The molecule has 0 aromatic rings. The molecule has 0 bridgehead atoms. The topological polar surface area (TPSA) is 183 Å². The Bertz CT molecular complexity index is 845. The molecule has 6 unspecified atom stereocenters. The van der Waals surface area contributed by atoms with Crippen LogP contribution in [0.4, 0.5) is 9.59 Å². The van der Waals surface area contributed by atoms with Gasteiger partial charge < -0.3 is 48.1 Å². The average molecular weight is 831 g/mol. The first-order valence-corrected chi connectivity index (χ1v) is 15.1. The predicted molar refractivity (Wildman–Crippen MR) is 161 cm³/mol. The van der Waals surface area contributed by atoms with Gasteiger partial charge in [0.05, 0.1) is 38.6 Å². The fraction of sp³-hybridized carbons (Fsp3) is 0.871. The van der Waals surface area contributed by atoms with Crippen molar-refractivity contribution < 1.29 is 133 Å². The van der Waals surface area contributed by atoms with Gasteiger partial charge in [-0.25, -0.2) is 19.2 Å². The van der Waals surface area contributed by atoms with Crippen molar-refractivity contribution in [1.82, 2.24) is 0 Å². The van der Waals surface area contributed by atoms with E-state index in [2.05, 4.69) is 9.47 Å². The minimum atomic E-state index is -1.20. The molecule has 0 spiro atoms. The third-order valence-electron chi connectivity index (χ3n) is 7.03. The molecule has 2 aliphatic carbocycles. The molecule has 2 aliphatic rings. The van der Waals surface area contributed by atoms with E-state index < -0.39 is 72.1 Å². The molecule has 16 heteroatoms. The number of carbonyl (C=O) groups excluding carboxylic acids is 4. The van der Waals surface area contributed by atoms with E-state index in [1.54, 1.807) is 41.5 Å². The molecule has 0 aromatic carbocycles. The van der Waals surface area contributed by atoms with Gasteiger partial charge in [-0.3, -0.25) is 0 Å². The van der Waals surface area contributed by atoms with Crippen molar-refractivity contribution in [2.24, 2.45) is 0 Å². The number of esters is 2. The molecule has 14 nitrogen and oxygen atoms in total. The summed E-state index contributed by atoms with van der Waals surface area (Å²) in [5.74, 6) is -1.08. The van der Waals surface area contributed by atoms with Gasteiger partial charge in [0.25, 0.3) is 0 Å². The molecular formula is C31H56O14Y2. The molecule has 47 heavy (non-hydrogen) atoms. The summed E-state index contributed by atoms with van der Waals surface area (Å²) in [5.41, 5.74) is -2.40. The van der Waals surface area contributed by atoms with Crippen molar-refractivity contribution in [2.45, 2.75) is 148 Å². The van der Waals surface area contributed by atoms with Crippen LogP contribution < -0.4 is 0 Å². The summed E-state index contributed by atoms with van der Waals surface area (Å²) in [6.07, 6.45) is 1.53. The Morgan fingerprint density at radius 1 is 0.638 bits per heavy atom. The van der Waals surface area contributed by atoms with Crippen molar-refractivity contribution in [1.29, 1.82) is 0 Å². The van der Waals surface area contributed by atoms with E-state index in [4.69, 9.17) is 28.4 Å². The van der Waals surface area contributed by atoms with Crippen LogP contribution >= 0.6 is 0 Å². The van der Waals surface area contributed by atoms with E-state index in [1.807, 2.05) is 0 Å². The van der Waals surface area contributed by atoms with Gasteiger partial charge in [0.1, 0.15) is 25.4 Å². The van der Waals surface area contributed by atoms with Gasteiger partial charge in [-0.1, -0.05) is 20.3 Å². The van der Waals surface area contributed by atoms with Gasteiger partial charge in [0.15, 0.2) is 11.2 Å². The molecule has 0 heterocycles. The van der Waals surface area contributed by atoms with Crippen LogP contribution in [-0.2, 0) is 113 Å². The zero-order chi connectivity index (χ0) is 33.5. The Kier molecular flexibility index (Phi) is 27.6. The summed E-state index contributed by atoms with van der Waals surface area (Å²) in [7, 11) is 2.43. The fourth-order valence-electron chi connectivity index (χ4n) is 4.65. The van der Waals surface area contributed by atoms with Crippen molar-refractivity contribution >= 4 is 24.2 Å². The molecule has 6 atom stereocenters. The first kappa shape index (κ1) is 50.9. The van der Waals surface area contributed by atoms with Crippen LogP contribution in [0.25, 0.3) is 0 Å². The maximum Gasteiger partial charge on any atom is 0.508 e. The van der Waals surface area contributed by atoms with Crippen LogP contribution in [0, 0.1) is 0 Å². The van der Waals surface area contributed by atoms with Crippen LogP contribution in [0.1, 0.15) is 100 Å². The third kappa shape index (κ3) is 20.1. The number of aliphatic hydroxyl groups excluding tert-OH is 2. The molecule has 2 fully saturated rings. The van der Waals surface area contributed by atoms with E-state index in [-0.39, 0.29) is 86.1 Å². The van der Waals surface area contributed by atoms with Crippen LogP contribution in [-0.4, -0.2) is 110 Å². The second kappa shape index (κ2) is 25.5. The normalized spacial score (nSPS) is 22.0. The molecule has 0 saturated heterocycles. The summed E-state index contributed by atoms with van der Waals surface area (Å²) in [5, 5.41) is 19.7. The molecular weight excluding hydrogens is 774 g/mol. The largest absolute Gasteiger partial charge is 0.508 e. The number of aliphatic hydroxyl groups is 2. The minimum Gasteiger partial charge on any atom is -0.457 e. The van der Waals surface area contributed by atoms with Gasteiger partial charge >= 0.3 is 24.2 Å². The first-order chi connectivity index (χ1) is 20.5. The number of ether oxygens (including phenoxy) is 8. The van der Waals surface area contributed by atoms with Crippen LogP contribution in [0.15, 0.2) is 0 Å². The van der Waals surface area contributed by atoms with Crippen LogP contribution in [0.3, 0.4) is 0 Å². The maximum absolute atomic E-state index is 12.2. The molecule has 2 saturated carbocycles. The Morgan fingerprint density at radius 2 is 0.936 bits per heavy atom. The molecule has 270 valence electrons. The number of carbonyl (C=O) groups is 4. The summed E-state index contributed by atoms with van der Waals surface area (Å²) >= 11 is 0. The Balaban J connectivity index is -0.000000774. The molecule has 0 amide bonds. The molecule has 0 aliphatic heterocycles. The van der Waals surface area contributed by atoms with Crippen molar-refractivity contribution in [3.63, 3.8) is 0 Å². The summed E-state index contributed by atoms with van der Waals surface area (Å²) in [6, 6.07) is 0. The summed E-state index contributed by atoms with van der Waals surface area (Å²) in [4.78, 5) is 46.2. The smallest absolute Gasteiger partial charge is 0.457 e. The van der Waals surface area contributed by atoms with E-state index in [9.17, 15) is 29.4 Å². The molecule has 2 rings (SSSR count). The van der Waals surface area contributed by atoms with E-state index >= 15 is 0 Å².